The van der Waals surface area contributed by atoms with Crippen LogP contribution in [0.15, 0.2) is 169 Å². The molecule has 6 rings (SSSR count). The van der Waals surface area contributed by atoms with Crippen LogP contribution in [0.25, 0.3) is 0 Å². The summed E-state index contributed by atoms with van der Waals surface area (Å²) in [6, 6.07) is 54.0. The molecule has 6 aromatic carbocycles. The van der Waals surface area contributed by atoms with Gasteiger partial charge in [0, 0.05) is 10.5 Å². The molecule has 0 fully saturated rings. The highest BCUT2D eigenvalue weighted by Gasteiger charge is 2.34. The summed E-state index contributed by atoms with van der Waals surface area (Å²) in [5.74, 6) is -0.192. The highest BCUT2D eigenvalue weighted by atomic mass is 32.2. The summed E-state index contributed by atoms with van der Waals surface area (Å²) in [6.45, 7) is 4.05. The SMILES string of the molecule is Cc1cc(C)cc([S@](=O)[C@H](c2ccccc2)[C@@H](NC(=O)c2ccccc2P(c2ccccc2)c2ccccc2)c2ccccc2)c1. The summed E-state index contributed by atoms with van der Waals surface area (Å²) < 4.78 is 14.7. The lowest BCUT2D eigenvalue weighted by atomic mass is 9.97. The van der Waals surface area contributed by atoms with Crippen molar-refractivity contribution in [3.8, 4) is 0 Å². The Hall–Kier alpha value is -4.63. The van der Waals surface area contributed by atoms with Crippen molar-refractivity contribution in [1.29, 1.82) is 0 Å². The number of nitrogens with one attached hydrogen (secondary N) is 1. The monoisotopic (exact) mass is 637 g/mol. The van der Waals surface area contributed by atoms with E-state index in [4.69, 9.17) is 0 Å². The molecular weight excluding hydrogens is 601 g/mol. The number of carbonyl (C=O) groups excluding carboxylic acids is 1. The van der Waals surface area contributed by atoms with Gasteiger partial charge in [0.25, 0.3) is 5.91 Å². The first-order chi connectivity index (χ1) is 22.5. The van der Waals surface area contributed by atoms with Gasteiger partial charge >= 0.3 is 0 Å². The van der Waals surface area contributed by atoms with Gasteiger partial charge < -0.3 is 5.32 Å². The zero-order valence-electron chi connectivity index (χ0n) is 25.9. The molecule has 3 nitrogen and oxygen atoms in total. The second-order valence-electron chi connectivity index (χ2n) is 11.3. The average Bonchev–Trinajstić information content (AvgIpc) is 3.09. The van der Waals surface area contributed by atoms with Gasteiger partial charge in [-0.1, -0.05) is 146 Å². The quantitative estimate of drug-likeness (QED) is 0.154. The molecule has 0 bridgehead atoms. The number of hydrogen-bond acceptors (Lipinski definition) is 2. The van der Waals surface area contributed by atoms with Gasteiger partial charge in [-0.2, -0.15) is 0 Å². The molecule has 6 aromatic rings. The van der Waals surface area contributed by atoms with E-state index in [-0.39, 0.29) is 5.91 Å². The van der Waals surface area contributed by atoms with E-state index in [9.17, 15) is 9.00 Å². The molecule has 0 radical (unpaired) electrons. The standard InChI is InChI=1S/C41H36NO2PS/c1-30-27-31(2)29-36(28-30)46(44)40(33-19-9-4-10-20-33)39(32-17-7-3-8-18-32)42-41(43)37-25-15-16-26-38(37)45(34-21-11-5-12-22-34)35-23-13-6-14-24-35/h3-29,39-40H,1-2H3,(H,42,43)/t39-,40+,46-/m0/s1. The van der Waals surface area contributed by atoms with Crippen LogP contribution in [0.4, 0.5) is 0 Å². The topological polar surface area (TPSA) is 46.2 Å². The number of carbonyl (C=O) groups is 1. The lowest BCUT2D eigenvalue weighted by molar-refractivity contribution is 0.0937. The van der Waals surface area contributed by atoms with Crippen LogP contribution >= 0.6 is 7.92 Å². The first-order valence-electron chi connectivity index (χ1n) is 15.4. The summed E-state index contributed by atoms with van der Waals surface area (Å²) in [6.07, 6.45) is 0. The molecule has 0 unspecified atom stereocenters. The van der Waals surface area contributed by atoms with Crippen molar-refractivity contribution < 1.29 is 9.00 Å². The van der Waals surface area contributed by atoms with E-state index in [1.165, 1.54) is 10.6 Å². The third-order valence-corrected chi connectivity index (χ3v) is 12.2. The third-order valence-electron chi connectivity index (χ3n) is 7.95. The minimum absolute atomic E-state index is 0.192. The van der Waals surface area contributed by atoms with Crippen molar-refractivity contribution in [1.82, 2.24) is 5.32 Å². The predicted octanol–water partition coefficient (Wildman–Crippen LogP) is 8.08. The lowest BCUT2D eigenvalue weighted by Gasteiger charge is -2.30. The summed E-state index contributed by atoms with van der Waals surface area (Å²) in [5.41, 5.74) is 4.52. The van der Waals surface area contributed by atoms with E-state index < -0.39 is 30.0 Å². The van der Waals surface area contributed by atoms with Gasteiger partial charge in [0.2, 0.25) is 0 Å². The van der Waals surface area contributed by atoms with E-state index in [2.05, 4.69) is 66.0 Å². The van der Waals surface area contributed by atoms with Crippen LogP contribution in [0, 0.1) is 13.8 Å². The number of benzene rings is 6. The Bertz CT molecular complexity index is 1870. The first-order valence-corrected chi connectivity index (χ1v) is 17.9. The smallest absolute Gasteiger partial charge is 0.252 e. The Kier molecular flexibility index (Phi) is 9.98. The molecule has 0 spiro atoms. The van der Waals surface area contributed by atoms with Crippen molar-refractivity contribution in [2.75, 3.05) is 0 Å². The summed E-state index contributed by atoms with van der Waals surface area (Å²) in [7, 11) is -2.49. The van der Waals surface area contributed by atoms with Crippen molar-refractivity contribution in [3.05, 3.63) is 192 Å². The van der Waals surface area contributed by atoms with Crippen LogP contribution in [0.1, 0.15) is 43.9 Å². The normalized spacial score (nSPS) is 13.1. The van der Waals surface area contributed by atoms with Crippen LogP contribution in [-0.2, 0) is 10.8 Å². The Morgan fingerprint density at radius 3 is 1.59 bits per heavy atom. The van der Waals surface area contributed by atoms with Crippen LogP contribution in [0.3, 0.4) is 0 Å². The Morgan fingerprint density at radius 2 is 1.04 bits per heavy atom. The van der Waals surface area contributed by atoms with E-state index in [1.807, 2.05) is 117 Å². The molecule has 3 atom stereocenters. The molecule has 46 heavy (non-hydrogen) atoms. The molecule has 5 heteroatoms. The maximum atomic E-state index is 14.7. The predicted molar refractivity (Wildman–Crippen MR) is 193 cm³/mol. The van der Waals surface area contributed by atoms with E-state index in [0.29, 0.717) is 5.56 Å². The molecule has 1 N–H and O–H groups in total. The molecule has 0 aliphatic rings. The largest absolute Gasteiger partial charge is 0.344 e. The second-order valence-corrected chi connectivity index (χ2v) is 15.1. The minimum atomic E-state index is -1.48. The number of amides is 1. The molecule has 0 heterocycles. The average molecular weight is 638 g/mol. The maximum Gasteiger partial charge on any atom is 0.252 e. The van der Waals surface area contributed by atoms with Gasteiger partial charge in [0.1, 0.15) is 0 Å². The zero-order chi connectivity index (χ0) is 31.9. The molecule has 228 valence electrons. The van der Waals surface area contributed by atoms with Gasteiger partial charge in [0.05, 0.1) is 22.1 Å². The molecule has 1 amide bonds. The zero-order valence-corrected chi connectivity index (χ0v) is 27.6. The maximum absolute atomic E-state index is 14.7. The van der Waals surface area contributed by atoms with E-state index in [1.54, 1.807) is 0 Å². The summed E-state index contributed by atoms with van der Waals surface area (Å²) >= 11 is 0. The van der Waals surface area contributed by atoms with Crippen molar-refractivity contribution >= 4 is 40.5 Å². The Balaban J connectivity index is 1.46. The summed E-state index contributed by atoms with van der Waals surface area (Å²) in [4.78, 5) is 15.4. The fourth-order valence-corrected chi connectivity index (χ4v) is 10.2. The molecule has 0 aliphatic heterocycles. The Morgan fingerprint density at radius 1 is 0.587 bits per heavy atom. The number of hydrogen-bond donors (Lipinski definition) is 1. The minimum Gasteiger partial charge on any atom is -0.344 e. The third kappa shape index (κ3) is 7.10. The fraction of sp³-hybridized carbons (Fsp3) is 0.0976. The van der Waals surface area contributed by atoms with Crippen LogP contribution in [0.2, 0.25) is 0 Å². The Labute approximate surface area is 275 Å². The highest BCUT2D eigenvalue weighted by Crippen LogP contribution is 2.39. The van der Waals surface area contributed by atoms with Crippen LogP contribution < -0.4 is 21.2 Å². The molecule has 0 saturated heterocycles. The van der Waals surface area contributed by atoms with Gasteiger partial charge in [-0.15, -0.1) is 0 Å². The number of rotatable bonds is 10. The fourth-order valence-electron chi connectivity index (χ4n) is 5.93. The van der Waals surface area contributed by atoms with Gasteiger partial charge in [-0.05, 0) is 78.1 Å². The van der Waals surface area contributed by atoms with Crippen molar-refractivity contribution in [2.45, 2.75) is 30.0 Å². The van der Waals surface area contributed by atoms with Crippen LogP contribution in [0.5, 0.6) is 0 Å². The van der Waals surface area contributed by atoms with Crippen LogP contribution in [-0.4, -0.2) is 10.1 Å². The van der Waals surface area contributed by atoms with Gasteiger partial charge in [0.15, 0.2) is 0 Å². The molecular formula is C41H36NO2PS. The first kappa shape index (κ1) is 31.4. The van der Waals surface area contributed by atoms with Crippen molar-refractivity contribution in [3.63, 3.8) is 0 Å². The number of aryl methyl sites for hydroxylation is 2. The van der Waals surface area contributed by atoms with E-state index in [0.717, 1.165) is 32.5 Å². The summed E-state index contributed by atoms with van der Waals surface area (Å²) in [5, 5.41) is 6.18. The second kappa shape index (κ2) is 14.6. The van der Waals surface area contributed by atoms with Gasteiger partial charge in [-0.25, -0.2) is 0 Å². The van der Waals surface area contributed by atoms with Crippen molar-refractivity contribution in [2.24, 2.45) is 0 Å². The molecule has 0 aliphatic carbocycles. The molecule has 0 aromatic heterocycles. The molecule has 0 saturated carbocycles. The highest BCUT2D eigenvalue weighted by molar-refractivity contribution is 7.85. The van der Waals surface area contributed by atoms with E-state index >= 15 is 0 Å². The lowest BCUT2D eigenvalue weighted by Crippen LogP contribution is -2.37. The van der Waals surface area contributed by atoms with Gasteiger partial charge in [-0.3, -0.25) is 9.00 Å².